The molecule has 0 unspecified atom stereocenters. The monoisotopic (exact) mass is 301 g/mol. The first-order chi connectivity index (χ1) is 10.3. The smallest absolute Gasteiger partial charge is 0.240 e. The molecule has 0 aliphatic carbocycles. The van der Waals surface area contributed by atoms with Gasteiger partial charge >= 0.3 is 0 Å². The molecule has 0 spiro atoms. The molecule has 1 amide bonds. The maximum atomic E-state index is 12.1. The van der Waals surface area contributed by atoms with Gasteiger partial charge in [0.15, 0.2) is 5.13 Å². The number of anilines is 1. The van der Waals surface area contributed by atoms with Crippen molar-refractivity contribution in [2.75, 3.05) is 18.4 Å². The highest BCUT2D eigenvalue weighted by Crippen LogP contribution is 2.21. The van der Waals surface area contributed by atoms with Gasteiger partial charge in [-0.05, 0) is 31.4 Å². The lowest BCUT2D eigenvalue weighted by Crippen LogP contribution is -2.37. The Morgan fingerprint density at radius 2 is 2.24 bits per heavy atom. The summed E-state index contributed by atoms with van der Waals surface area (Å²) in [6, 6.07) is 11.0. The average Bonchev–Trinajstić information content (AvgIpc) is 3.13. The molecular weight excluding hydrogens is 282 g/mol. The first kappa shape index (κ1) is 14.2. The fraction of sp³-hybridized carbons (Fsp3) is 0.375. The number of amides is 1. The zero-order valence-electron chi connectivity index (χ0n) is 11.9. The predicted octanol–water partition coefficient (Wildman–Crippen LogP) is 2.79. The van der Waals surface area contributed by atoms with Crippen LogP contribution in [0.4, 0.5) is 5.13 Å². The lowest BCUT2D eigenvalue weighted by atomic mass is 10.0. The molecule has 1 aromatic carbocycles. The van der Waals surface area contributed by atoms with Crippen LogP contribution in [0.1, 0.15) is 18.4 Å². The molecule has 5 heteroatoms. The Morgan fingerprint density at radius 3 is 3.00 bits per heavy atom. The second-order valence-corrected chi connectivity index (χ2v) is 6.24. The molecule has 1 aliphatic heterocycles. The molecule has 1 fully saturated rings. The van der Waals surface area contributed by atoms with Crippen molar-refractivity contribution < 1.29 is 4.79 Å². The van der Waals surface area contributed by atoms with Gasteiger partial charge < -0.3 is 5.32 Å². The number of nitrogens with one attached hydrogen (secondary N) is 1. The highest BCUT2D eigenvalue weighted by molar-refractivity contribution is 7.13. The third kappa shape index (κ3) is 3.89. The number of likely N-dealkylation sites (tertiary alicyclic amines) is 1. The predicted molar refractivity (Wildman–Crippen MR) is 85.5 cm³/mol. The minimum atomic E-state index is 0.0323. The average molecular weight is 301 g/mol. The number of hydrogen-bond donors (Lipinski definition) is 1. The van der Waals surface area contributed by atoms with Crippen LogP contribution in [0.25, 0.3) is 0 Å². The fourth-order valence-corrected chi connectivity index (χ4v) is 3.39. The molecule has 3 rings (SSSR count). The van der Waals surface area contributed by atoms with E-state index in [4.69, 9.17) is 0 Å². The van der Waals surface area contributed by atoms with Crippen LogP contribution >= 0.6 is 11.3 Å². The normalized spacial score (nSPS) is 18.8. The first-order valence-electron chi connectivity index (χ1n) is 7.28. The summed E-state index contributed by atoms with van der Waals surface area (Å²) >= 11 is 1.45. The van der Waals surface area contributed by atoms with Gasteiger partial charge in [0.2, 0.25) is 5.91 Å². The summed E-state index contributed by atoms with van der Waals surface area (Å²) in [5, 5.41) is 5.40. The summed E-state index contributed by atoms with van der Waals surface area (Å²) < 4.78 is 0. The Labute approximate surface area is 128 Å². The van der Waals surface area contributed by atoms with E-state index < -0.39 is 0 Å². The van der Waals surface area contributed by atoms with Gasteiger partial charge in [-0.2, -0.15) is 0 Å². The van der Waals surface area contributed by atoms with E-state index in [2.05, 4.69) is 39.5 Å². The molecule has 1 atom stereocenters. The SMILES string of the molecule is O=C(CN1CCC[C@@H]1Cc1ccccc1)Nc1nccs1. The van der Waals surface area contributed by atoms with Gasteiger partial charge in [0.05, 0.1) is 6.54 Å². The van der Waals surface area contributed by atoms with Crippen molar-refractivity contribution in [1.82, 2.24) is 9.88 Å². The summed E-state index contributed by atoms with van der Waals surface area (Å²) in [5.74, 6) is 0.0323. The third-order valence-corrected chi connectivity index (χ3v) is 4.53. The van der Waals surface area contributed by atoms with E-state index in [1.807, 2.05) is 11.4 Å². The molecular formula is C16H19N3OS. The second-order valence-electron chi connectivity index (χ2n) is 5.34. The Balaban J connectivity index is 1.55. The van der Waals surface area contributed by atoms with Crippen LogP contribution < -0.4 is 5.32 Å². The molecule has 2 heterocycles. The summed E-state index contributed by atoms with van der Waals surface area (Å²) in [5.41, 5.74) is 1.34. The van der Waals surface area contributed by atoms with Crippen molar-refractivity contribution in [3.05, 3.63) is 47.5 Å². The van der Waals surface area contributed by atoms with E-state index in [0.29, 0.717) is 17.7 Å². The molecule has 21 heavy (non-hydrogen) atoms. The van der Waals surface area contributed by atoms with E-state index in [0.717, 1.165) is 13.0 Å². The third-order valence-electron chi connectivity index (χ3n) is 3.84. The molecule has 0 saturated carbocycles. The fourth-order valence-electron chi connectivity index (χ4n) is 2.85. The maximum Gasteiger partial charge on any atom is 0.240 e. The van der Waals surface area contributed by atoms with Crippen molar-refractivity contribution in [3.63, 3.8) is 0 Å². The molecule has 1 aromatic heterocycles. The minimum absolute atomic E-state index is 0.0323. The van der Waals surface area contributed by atoms with Crippen LogP contribution in [0.2, 0.25) is 0 Å². The van der Waals surface area contributed by atoms with E-state index >= 15 is 0 Å². The number of thiazole rings is 1. The molecule has 2 aromatic rings. The number of benzene rings is 1. The molecule has 1 saturated heterocycles. The van der Waals surface area contributed by atoms with Crippen LogP contribution in [0, 0.1) is 0 Å². The second kappa shape index (κ2) is 6.83. The van der Waals surface area contributed by atoms with Crippen LogP contribution in [-0.2, 0) is 11.2 Å². The van der Waals surface area contributed by atoms with Crippen molar-refractivity contribution in [1.29, 1.82) is 0 Å². The van der Waals surface area contributed by atoms with E-state index in [9.17, 15) is 4.79 Å². The van der Waals surface area contributed by atoms with Gasteiger partial charge in [0.1, 0.15) is 0 Å². The van der Waals surface area contributed by atoms with Crippen molar-refractivity contribution >= 4 is 22.4 Å². The van der Waals surface area contributed by atoms with E-state index in [1.165, 1.54) is 29.7 Å². The standard InChI is InChI=1S/C16H19N3OS/c20-15(18-16-17-8-10-21-16)12-19-9-4-7-14(19)11-13-5-2-1-3-6-13/h1-3,5-6,8,10,14H,4,7,9,11-12H2,(H,17,18,20)/t14-/m1/s1. The zero-order chi connectivity index (χ0) is 14.5. The molecule has 1 aliphatic rings. The van der Waals surface area contributed by atoms with Gasteiger partial charge in [0.25, 0.3) is 0 Å². The molecule has 0 bridgehead atoms. The van der Waals surface area contributed by atoms with Crippen LogP contribution in [-0.4, -0.2) is 34.9 Å². The van der Waals surface area contributed by atoms with Crippen molar-refractivity contribution in [2.24, 2.45) is 0 Å². The number of rotatable bonds is 5. The molecule has 0 radical (unpaired) electrons. The van der Waals surface area contributed by atoms with Gasteiger partial charge in [-0.1, -0.05) is 30.3 Å². The summed E-state index contributed by atoms with van der Waals surface area (Å²) in [6.45, 7) is 1.46. The number of hydrogen-bond acceptors (Lipinski definition) is 4. The number of carbonyl (C=O) groups excluding carboxylic acids is 1. The molecule has 110 valence electrons. The van der Waals surface area contributed by atoms with Crippen molar-refractivity contribution in [2.45, 2.75) is 25.3 Å². The maximum absolute atomic E-state index is 12.1. The van der Waals surface area contributed by atoms with Crippen LogP contribution in [0.3, 0.4) is 0 Å². The van der Waals surface area contributed by atoms with Gasteiger partial charge in [-0.25, -0.2) is 4.98 Å². The number of carbonyl (C=O) groups is 1. The quantitative estimate of drug-likeness (QED) is 0.923. The Morgan fingerprint density at radius 1 is 1.38 bits per heavy atom. The van der Waals surface area contributed by atoms with E-state index in [-0.39, 0.29) is 5.91 Å². The number of aromatic nitrogens is 1. The molecule has 1 N–H and O–H groups in total. The van der Waals surface area contributed by atoms with Crippen LogP contribution in [0.5, 0.6) is 0 Å². The topological polar surface area (TPSA) is 45.2 Å². The van der Waals surface area contributed by atoms with Gasteiger partial charge in [0, 0.05) is 17.6 Å². The first-order valence-corrected chi connectivity index (χ1v) is 8.16. The highest BCUT2D eigenvalue weighted by atomic mass is 32.1. The summed E-state index contributed by atoms with van der Waals surface area (Å²) in [6.07, 6.45) is 5.06. The largest absolute Gasteiger partial charge is 0.301 e. The Hall–Kier alpha value is -1.72. The van der Waals surface area contributed by atoms with E-state index in [1.54, 1.807) is 6.20 Å². The lowest BCUT2D eigenvalue weighted by molar-refractivity contribution is -0.117. The Kier molecular flexibility index (Phi) is 4.62. The highest BCUT2D eigenvalue weighted by Gasteiger charge is 2.26. The van der Waals surface area contributed by atoms with Gasteiger partial charge in [-0.15, -0.1) is 11.3 Å². The lowest BCUT2D eigenvalue weighted by Gasteiger charge is -2.23. The molecule has 4 nitrogen and oxygen atoms in total. The zero-order valence-corrected chi connectivity index (χ0v) is 12.7. The Bertz CT molecular complexity index is 570. The summed E-state index contributed by atoms with van der Waals surface area (Å²) in [7, 11) is 0. The minimum Gasteiger partial charge on any atom is -0.301 e. The van der Waals surface area contributed by atoms with Crippen molar-refractivity contribution in [3.8, 4) is 0 Å². The van der Waals surface area contributed by atoms with Crippen LogP contribution in [0.15, 0.2) is 41.9 Å². The summed E-state index contributed by atoms with van der Waals surface area (Å²) in [4.78, 5) is 18.5. The number of nitrogens with zero attached hydrogens (tertiary/aromatic N) is 2. The van der Waals surface area contributed by atoms with Gasteiger partial charge in [-0.3, -0.25) is 9.69 Å².